The number of hydrogen-bond donors (Lipinski definition) is 1. The molecule has 1 N–H and O–H groups in total. The Morgan fingerprint density at radius 3 is 2.52 bits per heavy atom. The summed E-state index contributed by atoms with van der Waals surface area (Å²) in [6.45, 7) is 2.15. The van der Waals surface area contributed by atoms with Crippen molar-refractivity contribution in [1.29, 1.82) is 0 Å². The molecule has 1 aliphatic rings. The number of carbonyl (C=O) groups is 3. The van der Waals surface area contributed by atoms with Gasteiger partial charge in [-0.2, -0.15) is 5.10 Å². The highest BCUT2D eigenvalue weighted by molar-refractivity contribution is 6.02. The molecule has 0 saturated heterocycles. The first-order chi connectivity index (χ1) is 11.9. The number of carbonyl (C=O) groups excluding carboxylic acids is 3. The van der Waals surface area contributed by atoms with E-state index >= 15 is 0 Å². The molecule has 7 nitrogen and oxygen atoms in total. The summed E-state index contributed by atoms with van der Waals surface area (Å²) in [5, 5.41) is 8.38. The second kappa shape index (κ2) is 8.41. The summed E-state index contributed by atoms with van der Waals surface area (Å²) in [4.78, 5) is 37.2. The van der Waals surface area contributed by atoms with Crippen LogP contribution in [0.3, 0.4) is 0 Å². The maximum absolute atomic E-state index is 12.2. The summed E-state index contributed by atoms with van der Waals surface area (Å²) >= 11 is 0. The molecule has 7 heteroatoms. The molecule has 1 atom stereocenters. The number of amides is 3. The zero-order valence-corrected chi connectivity index (χ0v) is 14.9. The van der Waals surface area contributed by atoms with Crippen molar-refractivity contribution in [2.75, 3.05) is 20.6 Å². The van der Waals surface area contributed by atoms with Crippen molar-refractivity contribution < 1.29 is 14.4 Å². The van der Waals surface area contributed by atoms with Gasteiger partial charge >= 0.3 is 0 Å². The van der Waals surface area contributed by atoms with E-state index in [0.29, 0.717) is 13.0 Å². The Balaban J connectivity index is 1.82. The van der Waals surface area contributed by atoms with Gasteiger partial charge in [-0.05, 0) is 12.5 Å². The third kappa shape index (κ3) is 5.14. The fourth-order valence-corrected chi connectivity index (χ4v) is 2.58. The van der Waals surface area contributed by atoms with Crippen LogP contribution >= 0.6 is 0 Å². The summed E-state index contributed by atoms with van der Waals surface area (Å²) in [7, 11) is 3.26. The molecule has 1 unspecified atom stereocenters. The Hall–Kier alpha value is -2.70. The van der Waals surface area contributed by atoms with Crippen LogP contribution in [0.25, 0.3) is 0 Å². The second-order valence-corrected chi connectivity index (χ2v) is 6.20. The molecule has 1 aromatic rings. The number of nitrogens with one attached hydrogen (secondary N) is 1. The molecule has 1 aromatic carbocycles. The van der Waals surface area contributed by atoms with E-state index in [1.807, 2.05) is 30.3 Å². The fraction of sp³-hybridized carbons (Fsp3) is 0.444. The van der Waals surface area contributed by atoms with Crippen molar-refractivity contribution in [3.05, 3.63) is 35.9 Å². The van der Waals surface area contributed by atoms with Gasteiger partial charge < -0.3 is 10.2 Å². The number of nitrogens with zero attached hydrogens (tertiary/aromatic N) is 3. The van der Waals surface area contributed by atoms with E-state index in [1.54, 1.807) is 21.0 Å². The summed E-state index contributed by atoms with van der Waals surface area (Å²) in [5.74, 6) is -0.688. The minimum Gasteiger partial charge on any atom is -0.347 e. The minimum atomic E-state index is -0.605. The van der Waals surface area contributed by atoms with Crippen molar-refractivity contribution in [3.8, 4) is 0 Å². The van der Waals surface area contributed by atoms with Gasteiger partial charge in [0.2, 0.25) is 17.7 Å². The zero-order valence-electron chi connectivity index (χ0n) is 14.9. The molecule has 0 saturated carbocycles. The Bertz CT molecular complexity index is 670. The third-order valence-corrected chi connectivity index (χ3v) is 3.95. The van der Waals surface area contributed by atoms with Crippen LogP contribution in [-0.4, -0.2) is 60.0 Å². The summed E-state index contributed by atoms with van der Waals surface area (Å²) in [6, 6.07) is 9.12. The second-order valence-electron chi connectivity index (χ2n) is 6.20. The van der Waals surface area contributed by atoms with E-state index in [4.69, 9.17) is 0 Å². The maximum atomic E-state index is 12.2. The molecule has 0 aliphatic carbocycles. The van der Waals surface area contributed by atoms with Gasteiger partial charge in [0, 0.05) is 33.4 Å². The lowest BCUT2D eigenvalue weighted by atomic mass is 10.1. The van der Waals surface area contributed by atoms with Gasteiger partial charge in [-0.25, -0.2) is 5.01 Å². The van der Waals surface area contributed by atoms with E-state index in [2.05, 4.69) is 10.4 Å². The molecule has 0 aromatic heterocycles. The van der Waals surface area contributed by atoms with Crippen LogP contribution < -0.4 is 5.32 Å². The monoisotopic (exact) mass is 344 g/mol. The summed E-state index contributed by atoms with van der Waals surface area (Å²) < 4.78 is 0. The largest absolute Gasteiger partial charge is 0.347 e. The van der Waals surface area contributed by atoms with Crippen LogP contribution in [0.5, 0.6) is 0 Å². The molecule has 1 heterocycles. The number of likely N-dealkylation sites (N-methyl/N-ethyl adjacent to an activating group) is 1. The summed E-state index contributed by atoms with van der Waals surface area (Å²) in [5.41, 5.74) is 1.88. The molecule has 1 aliphatic heterocycles. The summed E-state index contributed by atoms with van der Waals surface area (Å²) in [6.07, 6.45) is 0.813. The lowest BCUT2D eigenvalue weighted by molar-refractivity contribution is -0.135. The average molecular weight is 344 g/mol. The lowest BCUT2D eigenvalue weighted by Crippen LogP contribution is -2.44. The van der Waals surface area contributed by atoms with Crippen molar-refractivity contribution in [1.82, 2.24) is 15.2 Å². The Morgan fingerprint density at radius 1 is 1.20 bits per heavy atom. The SMILES string of the molecule is CC(NC(=O)CCC(=O)N1CCC(c2ccccc2)=N1)C(=O)N(C)C. The number of hydrogen-bond acceptors (Lipinski definition) is 4. The molecule has 0 spiro atoms. The van der Waals surface area contributed by atoms with E-state index in [9.17, 15) is 14.4 Å². The van der Waals surface area contributed by atoms with Gasteiger partial charge in [-0.15, -0.1) is 0 Å². The number of benzene rings is 1. The average Bonchev–Trinajstić information content (AvgIpc) is 3.09. The molecule has 25 heavy (non-hydrogen) atoms. The quantitative estimate of drug-likeness (QED) is 0.836. The Morgan fingerprint density at radius 2 is 1.88 bits per heavy atom. The van der Waals surface area contributed by atoms with Gasteiger partial charge in [-0.1, -0.05) is 30.3 Å². The van der Waals surface area contributed by atoms with Crippen molar-refractivity contribution in [3.63, 3.8) is 0 Å². The van der Waals surface area contributed by atoms with Gasteiger partial charge in [0.05, 0.1) is 12.3 Å². The first-order valence-corrected chi connectivity index (χ1v) is 8.32. The molecule has 0 bridgehead atoms. The highest BCUT2D eigenvalue weighted by Gasteiger charge is 2.23. The first kappa shape index (κ1) is 18.6. The molecule has 3 amide bonds. The highest BCUT2D eigenvalue weighted by Crippen LogP contribution is 2.14. The predicted molar refractivity (Wildman–Crippen MR) is 94.8 cm³/mol. The smallest absolute Gasteiger partial charge is 0.244 e. The Labute approximate surface area is 147 Å². The van der Waals surface area contributed by atoms with Gasteiger partial charge in [0.1, 0.15) is 6.04 Å². The number of rotatable bonds is 6. The van der Waals surface area contributed by atoms with Gasteiger partial charge in [-0.3, -0.25) is 14.4 Å². The van der Waals surface area contributed by atoms with E-state index in [0.717, 1.165) is 11.3 Å². The fourth-order valence-electron chi connectivity index (χ4n) is 2.58. The van der Waals surface area contributed by atoms with Crippen LogP contribution in [0.2, 0.25) is 0 Å². The molecule has 2 rings (SSSR count). The van der Waals surface area contributed by atoms with Gasteiger partial charge in [0.15, 0.2) is 0 Å². The first-order valence-electron chi connectivity index (χ1n) is 8.32. The molecule has 0 fully saturated rings. The van der Waals surface area contributed by atoms with Crippen LogP contribution in [0.15, 0.2) is 35.4 Å². The maximum Gasteiger partial charge on any atom is 0.244 e. The van der Waals surface area contributed by atoms with Crippen molar-refractivity contribution in [2.45, 2.75) is 32.2 Å². The van der Waals surface area contributed by atoms with Crippen molar-refractivity contribution >= 4 is 23.4 Å². The van der Waals surface area contributed by atoms with Crippen LogP contribution in [0.4, 0.5) is 0 Å². The van der Waals surface area contributed by atoms with E-state index < -0.39 is 6.04 Å². The molecule has 0 radical (unpaired) electrons. The van der Waals surface area contributed by atoms with Crippen LogP contribution in [0.1, 0.15) is 31.7 Å². The van der Waals surface area contributed by atoms with E-state index in [-0.39, 0.29) is 30.6 Å². The van der Waals surface area contributed by atoms with Crippen LogP contribution in [0, 0.1) is 0 Å². The zero-order chi connectivity index (χ0) is 18.4. The van der Waals surface area contributed by atoms with Crippen molar-refractivity contribution in [2.24, 2.45) is 5.10 Å². The normalized spacial score (nSPS) is 14.7. The lowest BCUT2D eigenvalue weighted by Gasteiger charge is -2.18. The topological polar surface area (TPSA) is 82.1 Å². The third-order valence-electron chi connectivity index (χ3n) is 3.95. The van der Waals surface area contributed by atoms with Gasteiger partial charge in [0.25, 0.3) is 0 Å². The standard InChI is InChI=1S/C18H24N4O3/c1-13(18(25)21(2)3)19-16(23)9-10-17(24)22-12-11-15(20-22)14-7-5-4-6-8-14/h4-8,13H,9-12H2,1-3H3,(H,19,23). The molecular weight excluding hydrogens is 320 g/mol. The minimum absolute atomic E-state index is 0.0383. The predicted octanol–water partition coefficient (Wildman–Crippen LogP) is 0.996. The highest BCUT2D eigenvalue weighted by atomic mass is 16.2. The van der Waals surface area contributed by atoms with E-state index in [1.165, 1.54) is 9.91 Å². The van der Waals surface area contributed by atoms with Crippen LogP contribution in [-0.2, 0) is 14.4 Å². The molecular formula is C18H24N4O3. The molecule has 134 valence electrons. The Kier molecular flexibility index (Phi) is 6.27. The number of hydrazone groups is 1.